The van der Waals surface area contributed by atoms with Crippen LogP contribution in [0.25, 0.3) is 0 Å². The molecule has 24 heavy (non-hydrogen) atoms. The first-order valence-corrected chi connectivity index (χ1v) is 9.15. The summed E-state index contributed by atoms with van der Waals surface area (Å²) in [5, 5.41) is 3.22. The van der Waals surface area contributed by atoms with Crippen LogP contribution in [-0.4, -0.2) is 36.6 Å². The molecule has 2 fully saturated rings. The van der Waals surface area contributed by atoms with Gasteiger partial charge >= 0.3 is 6.03 Å². The van der Waals surface area contributed by atoms with Gasteiger partial charge < -0.3 is 16.0 Å². The third-order valence-electron chi connectivity index (χ3n) is 6.36. The summed E-state index contributed by atoms with van der Waals surface area (Å²) in [6, 6.07) is 11.0. The van der Waals surface area contributed by atoms with E-state index in [0.29, 0.717) is 18.5 Å². The lowest BCUT2D eigenvalue weighted by Gasteiger charge is -2.41. The number of nitrogens with zero attached hydrogens (tertiary/aromatic N) is 1. The average molecular weight is 329 g/mol. The summed E-state index contributed by atoms with van der Waals surface area (Å²) in [4.78, 5) is 14.6. The molecule has 0 bridgehead atoms. The number of nitrogens with two attached hydrogens (primary N) is 1. The van der Waals surface area contributed by atoms with Crippen molar-refractivity contribution in [1.82, 2.24) is 10.2 Å². The standard InChI is InChI=1S/C20H31N3O/c1-19(2,3)20(13-21)9-10-23(14-20)18(24)22-17-11-16(12-17)15-7-5-4-6-8-15/h4-8,16-17H,9-14,21H2,1-3H3,(H,22,24). The molecule has 1 saturated carbocycles. The predicted octanol–water partition coefficient (Wildman–Crippen LogP) is 3.34. The van der Waals surface area contributed by atoms with Crippen molar-refractivity contribution in [2.75, 3.05) is 19.6 Å². The molecule has 1 heterocycles. The van der Waals surface area contributed by atoms with Crippen LogP contribution in [0.15, 0.2) is 30.3 Å². The van der Waals surface area contributed by atoms with Crippen molar-refractivity contribution < 1.29 is 4.79 Å². The van der Waals surface area contributed by atoms with E-state index in [-0.39, 0.29) is 16.9 Å². The number of rotatable bonds is 3. The Kier molecular flexibility index (Phi) is 4.60. The van der Waals surface area contributed by atoms with Crippen molar-refractivity contribution in [2.45, 2.75) is 52.0 Å². The van der Waals surface area contributed by atoms with Crippen LogP contribution in [0.1, 0.15) is 51.5 Å². The second-order valence-electron chi connectivity index (χ2n) is 8.63. The van der Waals surface area contributed by atoms with Gasteiger partial charge in [-0.15, -0.1) is 0 Å². The summed E-state index contributed by atoms with van der Waals surface area (Å²) in [5.74, 6) is 0.591. The Balaban J connectivity index is 1.51. The maximum absolute atomic E-state index is 12.6. The number of amides is 2. The molecule has 0 spiro atoms. The predicted molar refractivity (Wildman–Crippen MR) is 97.9 cm³/mol. The highest BCUT2D eigenvalue weighted by molar-refractivity contribution is 5.75. The Hall–Kier alpha value is -1.55. The summed E-state index contributed by atoms with van der Waals surface area (Å²) in [6.45, 7) is 8.93. The lowest BCUT2D eigenvalue weighted by molar-refractivity contribution is 0.105. The van der Waals surface area contributed by atoms with E-state index in [1.807, 2.05) is 11.0 Å². The van der Waals surface area contributed by atoms with Crippen LogP contribution in [0.4, 0.5) is 4.79 Å². The van der Waals surface area contributed by atoms with E-state index in [9.17, 15) is 4.79 Å². The number of carbonyl (C=O) groups is 1. The molecule has 1 aromatic rings. The topological polar surface area (TPSA) is 58.4 Å². The quantitative estimate of drug-likeness (QED) is 0.893. The van der Waals surface area contributed by atoms with E-state index in [0.717, 1.165) is 32.4 Å². The van der Waals surface area contributed by atoms with Gasteiger partial charge in [-0.3, -0.25) is 0 Å². The molecule has 1 unspecified atom stereocenters. The van der Waals surface area contributed by atoms with E-state index in [2.05, 4.69) is 50.4 Å². The molecular formula is C20H31N3O. The Morgan fingerprint density at radius 2 is 1.96 bits per heavy atom. The first-order valence-electron chi connectivity index (χ1n) is 9.15. The third kappa shape index (κ3) is 3.16. The Bertz CT molecular complexity index is 574. The SMILES string of the molecule is CC(C)(C)C1(CN)CCN(C(=O)NC2CC(c3ccccc3)C2)C1. The minimum Gasteiger partial charge on any atom is -0.335 e. The zero-order valence-electron chi connectivity index (χ0n) is 15.2. The van der Waals surface area contributed by atoms with Gasteiger partial charge in [0.2, 0.25) is 0 Å². The monoisotopic (exact) mass is 329 g/mol. The number of nitrogens with one attached hydrogen (secondary N) is 1. The number of hydrogen-bond acceptors (Lipinski definition) is 2. The Morgan fingerprint density at radius 3 is 2.50 bits per heavy atom. The summed E-state index contributed by atoms with van der Waals surface area (Å²) >= 11 is 0. The first kappa shape index (κ1) is 17.3. The third-order valence-corrected chi connectivity index (χ3v) is 6.36. The van der Waals surface area contributed by atoms with Crippen molar-refractivity contribution in [2.24, 2.45) is 16.6 Å². The number of likely N-dealkylation sites (tertiary alicyclic amines) is 1. The van der Waals surface area contributed by atoms with E-state index < -0.39 is 0 Å². The fourth-order valence-corrected chi connectivity index (χ4v) is 4.13. The molecule has 1 atom stereocenters. The molecule has 2 aliphatic rings. The van der Waals surface area contributed by atoms with E-state index in [1.165, 1.54) is 5.56 Å². The summed E-state index contributed by atoms with van der Waals surface area (Å²) in [7, 11) is 0. The van der Waals surface area contributed by atoms with Gasteiger partial charge in [-0.25, -0.2) is 4.79 Å². The highest BCUT2D eigenvalue weighted by Gasteiger charge is 2.47. The minimum absolute atomic E-state index is 0.0382. The normalized spacial score (nSPS) is 30.1. The molecule has 1 saturated heterocycles. The largest absolute Gasteiger partial charge is 0.335 e. The van der Waals surface area contributed by atoms with Crippen molar-refractivity contribution in [1.29, 1.82) is 0 Å². The van der Waals surface area contributed by atoms with Crippen LogP contribution in [0, 0.1) is 10.8 Å². The second-order valence-corrected chi connectivity index (χ2v) is 8.63. The van der Waals surface area contributed by atoms with E-state index >= 15 is 0 Å². The van der Waals surface area contributed by atoms with Gasteiger partial charge in [0.15, 0.2) is 0 Å². The van der Waals surface area contributed by atoms with Gasteiger partial charge in [0, 0.05) is 31.1 Å². The maximum Gasteiger partial charge on any atom is 0.317 e. The molecule has 0 aromatic heterocycles. The van der Waals surface area contributed by atoms with Crippen LogP contribution in [0.5, 0.6) is 0 Å². The number of benzene rings is 1. The molecule has 2 amide bonds. The van der Waals surface area contributed by atoms with Gasteiger partial charge in [-0.2, -0.15) is 0 Å². The maximum atomic E-state index is 12.6. The van der Waals surface area contributed by atoms with Crippen molar-refractivity contribution in [3.05, 3.63) is 35.9 Å². The molecule has 3 rings (SSSR count). The minimum atomic E-state index is 0.0382. The van der Waals surface area contributed by atoms with Gasteiger partial charge in [0.25, 0.3) is 0 Å². The molecule has 0 radical (unpaired) electrons. The smallest absolute Gasteiger partial charge is 0.317 e. The average Bonchev–Trinajstić information content (AvgIpc) is 2.97. The van der Waals surface area contributed by atoms with Crippen LogP contribution in [-0.2, 0) is 0 Å². The number of hydrogen-bond donors (Lipinski definition) is 2. The van der Waals surface area contributed by atoms with Gasteiger partial charge in [-0.05, 0) is 36.2 Å². The van der Waals surface area contributed by atoms with Crippen LogP contribution in [0.2, 0.25) is 0 Å². The van der Waals surface area contributed by atoms with E-state index in [4.69, 9.17) is 5.73 Å². The Labute approximate surface area is 145 Å². The number of carbonyl (C=O) groups excluding carboxylic acids is 1. The van der Waals surface area contributed by atoms with Gasteiger partial charge in [0.05, 0.1) is 0 Å². The van der Waals surface area contributed by atoms with Crippen LogP contribution < -0.4 is 11.1 Å². The zero-order chi connectivity index (χ0) is 17.4. The fourth-order valence-electron chi connectivity index (χ4n) is 4.13. The molecule has 4 nitrogen and oxygen atoms in total. The molecule has 1 aromatic carbocycles. The molecular weight excluding hydrogens is 298 g/mol. The lowest BCUT2D eigenvalue weighted by Crippen LogP contribution is -2.50. The highest BCUT2D eigenvalue weighted by Crippen LogP contribution is 2.45. The fraction of sp³-hybridized carbons (Fsp3) is 0.650. The summed E-state index contributed by atoms with van der Waals surface area (Å²) < 4.78 is 0. The number of urea groups is 1. The van der Waals surface area contributed by atoms with Gasteiger partial charge in [-0.1, -0.05) is 51.1 Å². The van der Waals surface area contributed by atoms with Crippen LogP contribution >= 0.6 is 0 Å². The highest BCUT2D eigenvalue weighted by atomic mass is 16.2. The summed E-state index contributed by atoms with van der Waals surface area (Å²) in [6.07, 6.45) is 3.09. The molecule has 1 aliphatic heterocycles. The van der Waals surface area contributed by atoms with Gasteiger partial charge in [0.1, 0.15) is 0 Å². The molecule has 3 N–H and O–H groups in total. The molecule has 1 aliphatic carbocycles. The lowest BCUT2D eigenvalue weighted by atomic mass is 9.66. The Morgan fingerprint density at radius 1 is 1.29 bits per heavy atom. The van der Waals surface area contributed by atoms with Crippen molar-refractivity contribution >= 4 is 6.03 Å². The van der Waals surface area contributed by atoms with Crippen molar-refractivity contribution in [3.8, 4) is 0 Å². The van der Waals surface area contributed by atoms with E-state index in [1.54, 1.807) is 0 Å². The molecule has 4 heteroatoms. The second kappa shape index (κ2) is 6.40. The van der Waals surface area contributed by atoms with Crippen LogP contribution in [0.3, 0.4) is 0 Å². The zero-order valence-corrected chi connectivity index (χ0v) is 15.2. The van der Waals surface area contributed by atoms with Crippen molar-refractivity contribution in [3.63, 3.8) is 0 Å². The summed E-state index contributed by atoms with van der Waals surface area (Å²) in [5.41, 5.74) is 7.62. The molecule has 132 valence electrons. The first-order chi connectivity index (χ1) is 11.3.